The second kappa shape index (κ2) is 6.62. The maximum atomic E-state index is 13.0. The van der Waals surface area contributed by atoms with Gasteiger partial charge in [-0.3, -0.25) is 4.79 Å². The fourth-order valence-corrected chi connectivity index (χ4v) is 1.27. The van der Waals surface area contributed by atoms with Crippen LogP contribution in [0.3, 0.4) is 0 Å². The van der Waals surface area contributed by atoms with E-state index in [2.05, 4.69) is 10.3 Å². The normalized spacial score (nSPS) is 10.5. The molecule has 0 unspecified atom stereocenters. The average Bonchev–Trinajstić information content (AvgIpc) is 2.28. The standard InChI is InChI=1S/C12H15FN2O2/c1-9(16)14-6-4-3-5-10-7-11(13)8-15-12(10)17-2/h3,5,7-8H,4,6H2,1-2H3,(H,14,16). The van der Waals surface area contributed by atoms with E-state index < -0.39 is 5.82 Å². The summed E-state index contributed by atoms with van der Waals surface area (Å²) in [5.74, 6) is -0.0992. The Morgan fingerprint density at radius 1 is 1.65 bits per heavy atom. The highest BCUT2D eigenvalue weighted by atomic mass is 19.1. The average molecular weight is 238 g/mol. The van der Waals surface area contributed by atoms with E-state index in [0.29, 0.717) is 24.4 Å². The second-order valence-electron chi connectivity index (χ2n) is 3.43. The molecule has 0 radical (unpaired) electrons. The summed E-state index contributed by atoms with van der Waals surface area (Å²) in [7, 11) is 1.48. The molecule has 1 amide bonds. The molecule has 0 aliphatic carbocycles. The molecule has 1 aromatic rings. The van der Waals surface area contributed by atoms with Crippen molar-refractivity contribution in [3.05, 3.63) is 29.7 Å². The number of carbonyl (C=O) groups excluding carboxylic acids is 1. The van der Waals surface area contributed by atoms with E-state index in [9.17, 15) is 9.18 Å². The van der Waals surface area contributed by atoms with Gasteiger partial charge in [-0.2, -0.15) is 0 Å². The molecule has 1 N–H and O–H groups in total. The summed E-state index contributed by atoms with van der Waals surface area (Å²) in [6.07, 6.45) is 5.32. The summed E-state index contributed by atoms with van der Waals surface area (Å²) >= 11 is 0. The van der Waals surface area contributed by atoms with Gasteiger partial charge in [0.25, 0.3) is 0 Å². The molecule has 1 aromatic heterocycles. The van der Waals surface area contributed by atoms with Crippen LogP contribution >= 0.6 is 0 Å². The quantitative estimate of drug-likeness (QED) is 0.795. The van der Waals surface area contributed by atoms with E-state index in [1.54, 1.807) is 6.08 Å². The zero-order chi connectivity index (χ0) is 12.7. The number of hydrogen-bond donors (Lipinski definition) is 1. The lowest BCUT2D eigenvalue weighted by Crippen LogP contribution is -2.20. The van der Waals surface area contributed by atoms with E-state index in [-0.39, 0.29) is 5.91 Å². The summed E-state index contributed by atoms with van der Waals surface area (Å²) in [4.78, 5) is 14.4. The van der Waals surface area contributed by atoms with Crippen molar-refractivity contribution in [2.45, 2.75) is 13.3 Å². The molecule has 0 atom stereocenters. The van der Waals surface area contributed by atoms with Gasteiger partial charge in [0.2, 0.25) is 11.8 Å². The molecular formula is C12H15FN2O2. The minimum Gasteiger partial charge on any atom is -0.481 e. The number of ether oxygens (including phenoxy) is 1. The van der Waals surface area contributed by atoms with Gasteiger partial charge in [-0.05, 0) is 12.5 Å². The largest absolute Gasteiger partial charge is 0.481 e. The zero-order valence-corrected chi connectivity index (χ0v) is 9.87. The van der Waals surface area contributed by atoms with Gasteiger partial charge in [0, 0.05) is 19.0 Å². The highest BCUT2D eigenvalue weighted by Gasteiger charge is 2.02. The van der Waals surface area contributed by atoms with Gasteiger partial charge in [-0.1, -0.05) is 12.2 Å². The lowest BCUT2D eigenvalue weighted by molar-refractivity contribution is -0.118. The maximum absolute atomic E-state index is 13.0. The van der Waals surface area contributed by atoms with Gasteiger partial charge in [0.05, 0.1) is 13.3 Å². The van der Waals surface area contributed by atoms with Crippen molar-refractivity contribution in [2.24, 2.45) is 0 Å². The van der Waals surface area contributed by atoms with E-state index in [0.717, 1.165) is 6.20 Å². The fourth-order valence-electron chi connectivity index (χ4n) is 1.27. The number of halogens is 1. The number of methoxy groups -OCH3 is 1. The maximum Gasteiger partial charge on any atom is 0.220 e. The predicted octanol–water partition coefficient (Wildman–Crippen LogP) is 1.77. The molecule has 1 heterocycles. The molecule has 0 spiro atoms. The molecule has 0 fully saturated rings. The van der Waals surface area contributed by atoms with Crippen molar-refractivity contribution >= 4 is 12.0 Å². The third kappa shape index (κ3) is 4.63. The van der Waals surface area contributed by atoms with E-state index in [4.69, 9.17) is 4.74 Å². The highest BCUT2D eigenvalue weighted by Crippen LogP contribution is 2.17. The van der Waals surface area contributed by atoms with Crippen molar-refractivity contribution in [3.63, 3.8) is 0 Å². The van der Waals surface area contributed by atoms with Gasteiger partial charge in [0.15, 0.2) is 0 Å². The number of aromatic nitrogens is 1. The Balaban J connectivity index is 2.57. The summed E-state index contributed by atoms with van der Waals surface area (Å²) < 4.78 is 18.0. The number of rotatable bonds is 5. The Hall–Kier alpha value is -1.91. The predicted molar refractivity (Wildman–Crippen MR) is 63.1 cm³/mol. The van der Waals surface area contributed by atoms with E-state index >= 15 is 0 Å². The van der Waals surface area contributed by atoms with Crippen LogP contribution in [0.1, 0.15) is 18.9 Å². The van der Waals surface area contributed by atoms with Gasteiger partial charge in [-0.15, -0.1) is 0 Å². The van der Waals surface area contributed by atoms with Crippen molar-refractivity contribution in [2.75, 3.05) is 13.7 Å². The van der Waals surface area contributed by atoms with Gasteiger partial charge in [0.1, 0.15) is 5.82 Å². The second-order valence-corrected chi connectivity index (χ2v) is 3.43. The molecule has 0 aromatic carbocycles. The lowest BCUT2D eigenvalue weighted by atomic mass is 10.2. The summed E-state index contributed by atoms with van der Waals surface area (Å²) in [6.45, 7) is 2.01. The molecule has 1 rings (SSSR count). The van der Waals surface area contributed by atoms with Crippen LogP contribution in [0.2, 0.25) is 0 Å². The first-order chi connectivity index (χ1) is 8.13. The smallest absolute Gasteiger partial charge is 0.220 e. The van der Waals surface area contributed by atoms with Gasteiger partial charge < -0.3 is 10.1 Å². The lowest BCUT2D eigenvalue weighted by Gasteiger charge is -2.03. The molecule has 17 heavy (non-hydrogen) atoms. The zero-order valence-electron chi connectivity index (χ0n) is 9.87. The Kier molecular flexibility index (Phi) is 5.13. The molecule has 0 aliphatic heterocycles. The molecule has 0 aliphatic rings. The monoisotopic (exact) mass is 238 g/mol. The Morgan fingerprint density at radius 3 is 3.06 bits per heavy atom. The molecule has 0 saturated heterocycles. The van der Waals surface area contributed by atoms with Crippen LogP contribution in [-0.2, 0) is 4.79 Å². The third-order valence-corrected chi connectivity index (χ3v) is 2.02. The number of amides is 1. The van der Waals surface area contributed by atoms with Crippen LogP contribution in [0, 0.1) is 5.82 Å². The Morgan fingerprint density at radius 2 is 2.41 bits per heavy atom. The van der Waals surface area contributed by atoms with Crippen molar-refractivity contribution < 1.29 is 13.9 Å². The summed E-state index contributed by atoms with van der Waals surface area (Å²) in [5.41, 5.74) is 0.579. The van der Waals surface area contributed by atoms with Crippen LogP contribution in [0.4, 0.5) is 4.39 Å². The first-order valence-electron chi connectivity index (χ1n) is 5.24. The van der Waals surface area contributed by atoms with Crippen LogP contribution in [0.15, 0.2) is 18.3 Å². The molecule has 5 heteroatoms. The van der Waals surface area contributed by atoms with E-state index in [1.165, 1.54) is 20.1 Å². The first kappa shape index (κ1) is 13.2. The molecule has 4 nitrogen and oxygen atoms in total. The Labute approximate surface area is 99.5 Å². The number of carbonyl (C=O) groups is 1. The number of pyridine rings is 1. The van der Waals surface area contributed by atoms with Crippen molar-refractivity contribution in [1.82, 2.24) is 10.3 Å². The Bertz CT molecular complexity index is 419. The third-order valence-electron chi connectivity index (χ3n) is 2.02. The molecule has 0 bridgehead atoms. The topological polar surface area (TPSA) is 51.2 Å². The molecule has 0 saturated carbocycles. The number of nitrogens with zero attached hydrogens (tertiary/aromatic N) is 1. The van der Waals surface area contributed by atoms with Crippen LogP contribution < -0.4 is 10.1 Å². The van der Waals surface area contributed by atoms with Crippen LogP contribution in [0.5, 0.6) is 5.88 Å². The minimum absolute atomic E-state index is 0.0663. The SMILES string of the molecule is COc1ncc(F)cc1C=CCCNC(C)=O. The van der Waals surface area contributed by atoms with Crippen LogP contribution in [0.25, 0.3) is 6.08 Å². The van der Waals surface area contributed by atoms with Gasteiger partial charge >= 0.3 is 0 Å². The summed E-state index contributed by atoms with van der Waals surface area (Å²) in [6, 6.07) is 1.35. The fraction of sp³-hybridized carbons (Fsp3) is 0.333. The minimum atomic E-state index is -0.410. The highest BCUT2D eigenvalue weighted by molar-refractivity contribution is 5.72. The summed E-state index contributed by atoms with van der Waals surface area (Å²) in [5, 5.41) is 2.66. The van der Waals surface area contributed by atoms with Crippen molar-refractivity contribution in [1.29, 1.82) is 0 Å². The van der Waals surface area contributed by atoms with E-state index in [1.807, 2.05) is 6.08 Å². The van der Waals surface area contributed by atoms with Crippen molar-refractivity contribution in [3.8, 4) is 5.88 Å². The molecule has 92 valence electrons. The van der Waals surface area contributed by atoms with Crippen LogP contribution in [-0.4, -0.2) is 24.5 Å². The number of nitrogens with one attached hydrogen (secondary N) is 1. The van der Waals surface area contributed by atoms with Gasteiger partial charge in [-0.25, -0.2) is 9.37 Å². The first-order valence-corrected chi connectivity index (χ1v) is 5.24. The number of hydrogen-bond acceptors (Lipinski definition) is 3. The molecular weight excluding hydrogens is 223 g/mol.